The highest BCUT2D eigenvalue weighted by molar-refractivity contribution is 6.22. The average molecular weight is 685 g/mol. The Morgan fingerprint density at radius 1 is 0.167 bits per heavy atom. The molecule has 0 spiro atoms. The Labute approximate surface area is 316 Å². The molecule has 0 saturated heterocycles. The maximum absolute atomic E-state index is 2.41. The third-order valence-electron chi connectivity index (χ3n) is 10.8. The maximum Gasteiger partial charge on any atom is -0.00259 e. The molecule has 0 bridgehead atoms. The minimum Gasteiger partial charge on any atom is -0.0622 e. The van der Waals surface area contributed by atoms with Gasteiger partial charge in [0.15, 0.2) is 0 Å². The van der Waals surface area contributed by atoms with Crippen molar-refractivity contribution in [3.8, 4) is 66.8 Å². The minimum absolute atomic E-state index is 1.19. The highest BCUT2D eigenvalue weighted by Crippen LogP contribution is 2.46. The summed E-state index contributed by atoms with van der Waals surface area (Å²) in [6.07, 6.45) is 0. The van der Waals surface area contributed by atoms with E-state index in [0.717, 1.165) is 0 Å². The van der Waals surface area contributed by atoms with E-state index in [-0.39, 0.29) is 0 Å². The molecule has 0 radical (unpaired) electrons. The third-order valence-corrected chi connectivity index (χ3v) is 10.8. The molecule has 0 aromatic heterocycles. The van der Waals surface area contributed by atoms with Crippen LogP contribution in [0.3, 0.4) is 0 Å². The van der Waals surface area contributed by atoms with Gasteiger partial charge in [-0.05, 0) is 142 Å². The van der Waals surface area contributed by atoms with E-state index in [1.54, 1.807) is 0 Å². The van der Waals surface area contributed by atoms with Gasteiger partial charge in [0, 0.05) is 0 Å². The van der Waals surface area contributed by atoms with Crippen LogP contribution in [0.4, 0.5) is 0 Å². The van der Waals surface area contributed by atoms with Gasteiger partial charge < -0.3 is 0 Å². The standard InChI is InChI=1S/C54H36/c1-4-16-37(17-5-1)43-31-44(38-18-6-2-7-19-38)33-46(32-43)47-34-45(39-20-8-3-9-21-39)35-48(36-47)54-51-26-14-12-24-49(51)53(50-25-13-15-27-52(50)54)42-29-28-40-22-10-11-23-41(40)30-42/h1-36H. The van der Waals surface area contributed by atoms with Crippen molar-refractivity contribution < 1.29 is 0 Å². The van der Waals surface area contributed by atoms with Gasteiger partial charge in [-0.25, -0.2) is 0 Å². The first-order chi connectivity index (χ1) is 26.8. The van der Waals surface area contributed by atoms with Gasteiger partial charge in [0.25, 0.3) is 0 Å². The zero-order valence-electron chi connectivity index (χ0n) is 29.8. The number of rotatable bonds is 6. The van der Waals surface area contributed by atoms with Crippen molar-refractivity contribution in [1.82, 2.24) is 0 Å². The molecule has 0 saturated carbocycles. The number of benzene rings is 10. The summed E-state index contributed by atoms with van der Waals surface area (Å²) in [7, 11) is 0. The van der Waals surface area contributed by atoms with Crippen LogP contribution in [0.5, 0.6) is 0 Å². The fraction of sp³-hybridized carbons (Fsp3) is 0. The largest absolute Gasteiger partial charge is 0.0622 e. The summed E-state index contributed by atoms with van der Waals surface area (Å²) in [6.45, 7) is 0. The van der Waals surface area contributed by atoms with E-state index in [2.05, 4.69) is 218 Å². The van der Waals surface area contributed by atoms with Crippen LogP contribution in [0.2, 0.25) is 0 Å². The molecular weight excluding hydrogens is 649 g/mol. The molecule has 0 amide bonds. The Hall–Kier alpha value is -7.02. The van der Waals surface area contributed by atoms with E-state index in [1.165, 1.54) is 99.1 Å². The van der Waals surface area contributed by atoms with Gasteiger partial charge in [-0.2, -0.15) is 0 Å². The predicted octanol–water partition coefficient (Wildman–Crippen LogP) is 15.1. The summed E-state index contributed by atoms with van der Waals surface area (Å²) >= 11 is 0. The molecule has 0 atom stereocenters. The SMILES string of the molecule is c1ccc(-c2cc(-c3ccccc3)cc(-c3cc(-c4ccccc4)cc(-c4c5ccccc5c(-c5ccc6ccccc6c5)c5ccccc45)c3)c2)cc1. The van der Waals surface area contributed by atoms with Gasteiger partial charge in [0.05, 0.1) is 0 Å². The van der Waals surface area contributed by atoms with Crippen molar-refractivity contribution in [1.29, 1.82) is 0 Å². The molecule has 54 heavy (non-hydrogen) atoms. The lowest BCUT2D eigenvalue weighted by Crippen LogP contribution is -1.93. The number of fused-ring (bicyclic) bond motifs is 3. The maximum atomic E-state index is 2.41. The van der Waals surface area contributed by atoms with Gasteiger partial charge in [0.2, 0.25) is 0 Å². The molecule has 0 heteroatoms. The Morgan fingerprint density at radius 3 is 0.907 bits per heavy atom. The molecule has 252 valence electrons. The molecule has 0 aliphatic heterocycles. The van der Waals surface area contributed by atoms with Crippen LogP contribution in [0.15, 0.2) is 218 Å². The zero-order valence-corrected chi connectivity index (χ0v) is 29.8. The topological polar surface area (TPSA) is 0 Å². The van der Waals surface area contributed by atoms with Gasteiger partial charge in [-0.15, -0.1) is 0 Å². The van der Waals surface area contributed by atoms with Gasteiger partial charge in [-0.3, -0.25) is 0 Å². The second-order valence-corrected chi connectivity index (χ2v) is 14.1. The fourth-order valence-corrected chi connectivity index (χ4v) is 8.22. The number of hydrogen-bond acceptors (Lipinski definition) is 0. The van der Waals surface area contributed by atoms with E-state index < -0.39 is 0 Å². The molecule has 10 rings (SSSR count). The molecule has 0 unspecified atom stereocenters. The predicted molar refractivity (Wildman–Crippen MR) is 232 cm³/mol. The summed E-state index contributed by atoms with van der Waals surface area (Å²) in [5, 5.41) is 7.51. The Bertz CT molecular complexity index is 2840. The third kappa shape index (κ3) is 5.75. The van der Waals surface area contributed by atoms with Gasteiger partial charge in [0.1, 0.15) is 0 Å². The van der Waals surface area contributed by atoms with Crippen molar-refractivity contribution in [2.75, 3.05) is 0 Å². The first kappa shape index (κ1) is 31.7. The summed E-state index contributed by atoms with van der Waals surface area (Å²) in [5.41, 5.74) is 14.6. The van der Waals surface area contributed by atoms with Crippen LogP contribution in [0.25, 0.3) is 99.1 Å². The van der Waals surface area contributed by atoms with Crippen LogP contribution in [0, 0.1) is 0 Å². The van der Waals surface area contributed by atoms with Crippen LogP contribution >= 0.6 is 0 Å². The summed E-state index contributed by atoms with van der Waals surface area (Å²) in [5.74, 6) is 0. The van der Waals surface area contributed by atoms with Crippen molar-refractivity contribution in [3.63, 3.8) is 0 Å². The monoisotopic (exact) mass is 684 g/mol. The van der Waals surface area contributed by atoms with Gasteiger partial charge >= 0.3 is 0 Å². The van der Waals surface area contributed by atoms with E-state index in [1.807, 2.05) is 0 Å². The fourth-order valence-electron chi connectivity index (χ4n) is 8.22. The number of hydrogen-bond donors (Lipinski definition) is 0. The molecule has 0 aliphatic rings. The first-order valence-corrected chi connectivity index (χ1v) is 18.7. The normalized spacial score (nSPS) is 11.3. The van der Waals surface area contributed by atoms with E-state index in [4.69, 9.17) is 0 Å². The quantitative estimate of drug-likeness (QED) is 0.153. The molecule has 10 aromatic carbocycles. The van der Waals surface area contributed by atoms with Crippen LogP contribution in [0.1, 0.15) is 0 Å². The summed E-state index contributed by atoms with van der Waals surface area (Å²) in [6, 6.07) is 79.9. The van der Waals surface area contributed by atoms with Crippen molar-refractivity contribution >= 4 is 32.3 Å². The molecule has 0 fully saturated rings. The molecule has 0 nitrogen and oxygen atoms in total. The van der Waals surface area contributed by atoms with Crippen molar-refractivity contribution in [3.05, 3.63) is 218 Å². The Balaban J connectivity index is 1.26. The lowest BCUT2D eigenvalue weighted by Gasteiger charge is -2.20. The molecular formula is C54H36. The molecule has 0 aliphatic carbocycles. The van der Waals surface area contributed by atoms with Crippen molar-refractivity contribution in [2.24, 2.45) is 0 Å². The highest BCUT2D eigenvalue weighted by Gasteiger charge is 2.19. The van der Waals surface area contributed by atoms with Gasteiger partial charge in [-0.1, -0.05) is 176 Å². The van der Waals surface area contributed by atoms with Crippen LogP contribution in [-0.2, 0) is 0 Å². The molecule has 0 N–H and O–H groups in total. The minimum atomic E-state index is 1.19. The van der Waals surface area contributed by atoms with Crippen LogP contribution < -0.4 is 0 Å². The Kier molecular flexibility index (Phi) is 7.93. The van der Waals surface area contributed by atoms with E-state index >= 15 is 0 Å². The first-order valence-electron chi connectivity index (χ1n) is 18.7. The van der Waals surface area contributed by atoms with Crippen LogP contribution in [-0.4, -0.2) is 0 Å². The van der Waals surface area contributed by atoms with E-state index in [9.17, 15) is 0 Å². The highest BCUT2D eigenvalue weighted by atomic mass is 14.2. The average Bonchev–Trinajstić information content (AvgIpc) is 3.26. The lowest BCUT2D eigenvalue weighted by atomic mass is 9.84. The van der Waals surface area contributed by atoms with Crippen molar-refractivity contribution in [2.45, 2.75) is 0 Å². The lowest BCUT2D eigenvalue weighted by molar-refractivity contribution is 1.55. The second kappa shape index (κ2) is 13.5. The molecule has 0 heterocycles. The smallest absolute Gasteiger partial charge is 0.00259 e. The Morgan fingerprint density at radius 2 is 0.481 bits per heavy atom. The second-order valence-electron chi connectivity index (χ2n) is 14.1. The summed E-state index contributed by atoms with van der Waals surface area (Å²) < 4.78 is 0. The zero-order chi connectivity index (χ0) is 35.8. The molecule has 10 aromatic rings. The summed E-state index contributed by atoms with van der Waals surface area (Å²) in [4.78, 5) is 0. The van der Waals surface area contributed by atoms with E-state index in [0.29, 0.717) is 0 Å².